The number of nitrogens with one attached hydrogen (secondary N) is 1. The molecule has 0 aromatic heterocycles. The fourth-order valence-electron chi connectivity index (χ4n) is 4.48. The van der Waals surface area contributed by atoms with E-state index < -0.39 is 0 Å². The molecule has 1 aromatic carbocycles. The second kappa shape index (κ2) is 6.06. The van der Waals surface area contributed by atoms with Crippen molar-refractivity contribution < 1.29 is 9.53 Å². The van der Waals surface area contributed by atoms with Gasteiger partial charge in [-0.1, -0.05) is 11.6 Å². The first kappa shape index (κ1) is 17.0. The first-order valence-electron chi connectivity index (χ1n) is 9.09. The summed E-state index contributed by atoms with van der Waals surface area (Å²) in [5.74, 6) is 1.15. The molecule has 3 fully saturated rings. The van der Waals surface area contributed by atoms with Gasteiger partial charge in [0.2, 0.25) is 0 Å². The predicted molar refractivity (Wildman–Crippen MR) is 99.8 cm³/mol. The summed E-state index contributed by atoms with van der Waals surface area (Å²) in [5, 5.41) is 3.81. The van der Waals surface area contributed by atoms with Crippen LogP contribution in [0.5, 0.6) is 5.75 Å². The molecule has 1 N–H and O–H groups in total. The quantitative estimate of drug-likeness (QED) is 0.877. The van der Waals surface area contributed by atoms with Crippen molar-refractivity contribution in [2.24, 2.45) is 5.92 Å². The maximum atomic E-state index is 13.0. The molecule has 136 valence electrons. The maximum Gasteiger partial charge on any atom is 0.255 e. The molecule has 25 heavy (non-hydrogen) atoms. The van der Waals surface area contributed by atoms with Crippen LogP contribution in [0.2, 0.25) is 5.02 Å². The summed E-state index contributed by atoms with van der Waals surface area (Å²) in [4.78, 5) is 17.6. The number of hydrogen-bond donors (Lipinski definition) is 1. The summed E-state index contributed by atoms with van der Waals surface area (Å²) < 4.78 is 6.18. The number of carbonyl (C=O) groups excluding carboxylic acids is 1. The van der Waals surface area contributed by atoms with Crippen LogP contribution in [0, 0.1) is 5.92 Å². The summed E-state index contributed by atoms with van der Waals surface area (Å²) in [5.41, 5.74) is 1.07. The normalized spacial score (nSPS) is 29.8. The van der Waals surface area contributed by atoms with Crippen molar-refractivity contribution in [1.82, 2.24) is 10.2 Å². The number of fused-ring (bicyclic) bond motifs is 4. The van der Waals surface area contributed by atoms with Gasteiger partial charge in [0.15, 0.2) is 5.75 Å². The van der Waals surface area contributed by atoms with E-state index >= 15 is 0 Å². The molecule has 1 aromatic rings. The summed E-state index contributed by atoms with van der Waals surface area (Å²) in [6.45, 7) is 8.09. The molecule has 0 spiro atoms. The lowest BCUT2D eigenvalue weighted by Gasteiger charge is -2.45. The Labute approximate surface area is 154 Å². The zero-order valence-corrected chi connectivity index (χ0v) is 15.9. The number of piperidine rings is 3. The van der Waals surface area contributed by atoms with Crippen molar-refractivity contribution in [2.45, 2.75) is 38.3 Å². The highest BCUT2D eigenvalue weighted by Gasteiger charge is 2.37. The van der Waals surface area contributed by atoms with Crippen molar-refractivity contribution in [3.63, 3.8) is 0 Å². The molecule has 0 radical (unpaired) electrons. The number of amides is 1. The second-order valence-corrected chi connectivity index (χ2v) is 8.67. The Kier molecular flexibility index (Phi) is 4.12. The van der Waals surface area contributed by atoms with Crippen LogP contribution >= 0.6 is 11.6 Å². The molecule has 1 amide bonds. The molecule has 4 aliphatic rings. The minimum Gasteiger partial charge on any atom is -0.483 e. The zero-order valence-electron chi connectivity index (χ0n) is 15.1. The number of halogens is 1. The largest absolute Gasteiger partial charge is 0.483 e. The van der Waals surface area contributed by atoms with Gasteiger partial charge in [0, 0.05) is 24.7 Å². The fraction of sp³-hybridized carbons (Fsp3) is 0.632. The van der Waals surface area contributed by atoms with Crippen LogP contribution in [0.25, 0.3) is 0 Å². The van der Waals surface area contributed by atoms with Gasteiger partial charge >= 0.3 is 0 Å². The molecule has 0 saturated carbocycles. The van der Waals surface area contributed by atoms with Crippen molar-refractivity contribution >= 4 is 23.2 Å². The highest BCUT2D eigenvalue weighted by molar-refractivity contribution is 6.31. The van der Waals surface area contributed by atoms with Gasteiger partial charge in [0.25, 0.3) is 5.91 Å². The Balaban J connectivity index is 1.62. The maximum absolute atomic E-state index is 13.0. The van der Waals surface area contributed by atoms with Crippen LogP contribution in [0.3, 0.4) is 0 Å². The zero-order chi connectivity index (χ0) is 17.8. The highest BCUT2D eigenvalue weighted by Crippen LogP contribution is 2.41. The Morgan fingerprint density at radius 3 is 2.68 bits per heavy atom. The lowest BCUT2D eigenvalue weighted by Crippen LogP contribution is -2.57. The third kappa shape index (κ3) is 3.20. The van der Waals surface area contributed by atoms with E-state index in [-0.39, 0.29) is 17.6 Å². The summed E-state index contributed by atoms with van der Waals surface area (Å²) in [6, 6.07) is 3.82. The van der Waals surface area contributed by atoms with Crippen molar-refractivity contribution in [1.29, 1.82) is 0 Å². The van der Waals surface area contributed by atoms with Crippen LogP contribution in [0.4, 0.5) is 5.69 Å². The molecule has 3 saturated heterocycles. The van der Waals surface area contributed by atoms with E-state index in [2.05, 4.69) is 15.1 Å². The lowest BCUT2D eigenvalue weighted by molar-refractivity contribution is 0.0611. The SMILES string of the molecule is CN1CC(C)(C)Oc2c(C(=O)NC3CN4CCC3CC4)cc(Cl)cc21. The molecule has 4 aliphatic heterocycles. The summed E-state index contributed by atoms with van der Waals surface area (Å²) in [7, 11) is 2.01. The van der Waals surface area contributed by atoms with E-state index in [0.717, 1.165) is 31.9 Å². The van der Waals surface area contributed by atoms with Gasteiger partial charge in [-0.3, -0.25) is 4.79 Å². The molecule has 4 heterocycles. The van der Waals surface area contributed by atoms with Crippen molar-refractivity contribution in [3.8, 4) is 5.75 Å². The number of hydrogen-bond acceptors (Lipinski definition) is 4. The van der Waals surface area contributed by atoms with E-state index in [0.29, 0.717) is 22.3 Å². The van der Waals surface area contributed by atoms with Crippen molar-refractivity contribution in [2.75, 3.05) is 38.1 Å². The van der Waals surface area contributed by atoms with E-state index in [1.165, 1.54) is 12.8 Å². The molecule has 5 rings (SSSR count). The van der Waals surface area contributed by atoms with Crippen LogP contribution in [-0.4, -0.2) is 55.7 Å². The third-order valence-corrected chi connectivity index (χ3v) is 5.88. The van der Waals surface area contributed by atoms with E-state index in [4.69, 9.17) is 16.3 Å². The lowest BCUT2D eigenvalue weighted by atomic mass is 9.84. The molecule has 0 aliphatic carbocycles. The van der Waals surface area contributed by atoms with E-state index in [1.807, 2.05) is 27.0 Å². The number of benzene rings is 1. The molecular weight excluding hydrogens is 338 g/mol. The number of ether oxygens (including phenoxy) is 1. The van der Waals surface area contributed by atoms with Crippen LogP contribution < -0.4 is 15.0 Å². The smallest absolute Gasteiger partial charge is 0.255 e. The molecule has 1 atom stereocenters. The Morgan fingerprint density at radius 2 is 2.04 bits per heavy atom. The van der Waals surface area contributed by atoms with Gasteiger partial charge in [-0.2, -0.15) is 0 Å². The second-order valence-electron chi connectivity index (χ2n) is 8.24. The Hall–Kier alpha value is -1.46. The average molecular weight is 364 g/mol. The van der Waals surface area contributed by atoms with Gasteiger partial charge in [0.1, 0.15) is 5.60 Å². The molecule has 1 unspecified atom stereocenters. The first-order valence-corrected chi connectivity index (χ1v) is 9.47. The first-order chi connectivity index (χ1) is 11.8. The van der Waals surface area contributed by atoms with Gasteiger partial charge in [-0.15, -0.1) is 0 Å². The fourth-order valence-corrected chi connectivity index (χ4v) is 4.69. The summed E-state index contributed by atoms with van der Waals surface area (Å²) in [6.07, 6.45) is 2.34. The van der Waals surface area contributed by atoms with Gasteiger partial charge < -0.3 is 19.9 Å². The average Bonchev–Trinajstić information content (AvgIpc) is 2.55. The number of anilines is 1. The standard InChI is InChI=1S/C19H26ClN3O2/c1-19(2)11-22(3)16-9-13(20)8-14(17(16)25-19)18(24)21-15-10-23-6-4-12(15)5-7-23/h8-9,12,15H,4-7,10-11H2,1-3H3,(H,21,24). The van der Waals surface area contributed by atoms with Gasteiger partial charge in [-0.25, -0.2) is 0 Å². The molecule has 6 heteroatoms. The Bertz CT molecular complexity index is 698. The highest BCUT2D eigenvalue weighted by atomic mass is 35.5. The van der Waals surface area contributed by atoms with Gasteiger partial charge in [0.05, 0.1) is 17.8 Å². The molecule has 2 bridgehead atoms. The molecular formula is C19H26ClN3O2. The number of nitrogens with zero attached hydrogens (tertiary/aromatic N) is 2. The van der Waals surface area contributed by atoms with E-state index in [1.54, 1.807) is 6.07 Å². The van der Waals surface area contributed by atoms with Crippen LogP contribution in [0.15, 0.2) is 12.1 Å². The van der Waals surface area contributed by atoms with Gasteiger partial charge in [-0.05, 0) is 57.8 Å². The number of likely N-dealkylation sites (N-methyl/N-ethyl adjacent to an activating group) is 1. The summed E-state index contributed by atoms with van der Waals surface area (Å²) >= 11 is 6.30. The number of rotatable bonds is 2. The monoisotopic (exact) mass is 363 g/mol. The van der Waals surface area contributed by atoms with Crippen LogP contribution in [0.1, 0.15) is 37.0 Å². The number of carbonyl (C=O) groups is 1. The third-order valence-electron chi connectivity index (χ3n) is 5.66. The Morgan fingerprint density at radius 1 is 1.32 bits per heavy atom. The van der Waals surface area contributed by atoms with Crippen LogP contribution in [-0.2, 0) is 0 Å². The van der Waals surface area contributed by atoms with E-state index in [9.17, 15) is 4.79 Å². The molecule has 5 nitrogen and oxygen atoms in total. The minimum absolute atomic E-state index is 0.0800. The minimum atomic E-state index is -0.347. The predicted octanol–water partition coefficient (Wildman–Crippen LogP) is 2.77. The topological polar surface area (TPSA) is 44.8 Å². The van der Waals surface area contributed by atoms with Crippen molar-refractivity contribution in [3.05, 3.63) is 22.7 Å².